The largest absolute Gasteiger partial charge is 0.309 e. The minimum absolute atomic E-state index is 0.279. The summed E-state index contributed by atoms with van der Waals surface area (Å²) in [6.45, 7) is 8.38. The van der Waals surface area contributed by atoms with Gasteiger partial charge in [-0.25, -0.2) is 0 Å². The number of hydrogen-bond donors (Lipinski definition) is 1. The Kier molecular flexibility index (Phi) is 5.67. The summed E-state index contributed by atoms with van der Waals surface area (Å²) in [5.74, 6) is 0. The molecule has 1 N–H and O–H groups in total. The fourth-order valence-electron chi connectivity index (χ4n) is 2.26. The van der Waals surface area contributed by atoms with Crippen molar-refractivity contribution in [1.29, 1.82) is 0 Å². The molecule has 0 radical (unpaired) electrons. The highest BCUT2D eigenvalue weighted by atomic mass is 32.1. The molecule has 2 aromatic heterocycles. The van der Waals surface area contributed by atoms with Crippen molar-refractivity contribution in [2.45, 2.75) is 52.6 Å². The maximum absolute atomic E-state index is 4.62. The van der Waals surface area contributed by atoms with Gasteiger partial charge in [0.25, 0.3) is 0 Å². The van der Waals surface area contributed by atoms with Gasteiger partial charge in [0.05, 0.1) is 22.8 Å². The van der Waals surface area contributed by atoms with Crippen LogP contribution >= 0.6 is 11.5 Å². The summed E-state index contributed by atoms with van der Waals surface area (Å²) in [5.41, 5.74) is 2.45. The Balaban J connectivity index is 2.16. The molecule has 2 rings (SSSR count). The van der Waals surface area contributed by atoms with E-state index in [1.54, 1.807) is 0 Å². The van der Waals surface area contributed by atoms with Crippen LogP contribution in [0.15, 0.2) is 12.3 Å². The second-order valence-electron chi connectivity index (χ2n) is 4.83. The van der Waals surface area contributed by atoms with Crippen LogP contribution in [0.3, 0.4) is 0 Å². The zero-order valence-electron chi connectivity index (χ0n) is 12.5. The van der Waals surface area contributed by atoms with E-state index in [-0.39, 0.29) is 6.04 Å². The number of nitrogens with zero attached hydrogens (tertiary/aromatic N) is 4. The highest BCUT2D eigenvalue weighted by Gasteiger charge is 2.17. The fraction of sp³-hybridized carbons (Fsp3) is 0.643. The molecule has 0 spiro atoms. The molecule has 110 valence electrons. The monoisotopic (exact) mass is 293 g/mol. The van der Waals surface area contributed by atoms with Crippen LogP contribution in [0.5, 0.6) is 0 Å². The Hall–Kier alpha value is -1.27. The first-order chi connectivity index (χ1) is 9.78. The summed E-state index contributed by atoms with van der Waals surface area (Å²) in [5, 5.41) is 12.2. The third-order valence-corrected chi connectivity index (χ3v) is 4.13. The van der Waals surface area contributed by atoms with Gasteiger partial charge < -0.3 is 5.32 Å². The van der Waals surface area contributed by atoms with Crippen molar-refractivity contribution in [3.05, 3.63) is 28.5 Å². The minimum atomic E-state index is 0.279. The topological polar surface area (TPSA) is 55.6 Å². The number of aryl methyl sites for hydroxylation is 2. The Labute approximate surface area is 124 Å². The van der Waals surface area contributed by atoms with Gasteiger partial charge in [-0.2, -0.15) is 5.10 Å². The lowest BCUT2D eigenvalue weighted by Gasteiger charge is -2.16. The van der Waals surface area contributed by atoms with Crippen LogP contribution in [-0.4, -0.2) is 25.9 Å². The van der Waals surface area contributed by atoms with Gasteiger partial charge >= 0.3 is 0 Å². The number of aromatic nitrogens is 4. The van der Waals surface area contributed by atoms with Crippen LogP contribution in [0.2, 0.25) is 0 Å². The summed E-state index contributed by atoms with van der Waals surface area (Å²) < 4.78 is 6.09. The number of nitrogens with one attached hydrogen (secondary N) is 1. The zero-order chi connectivity index (χ0) is 14.4. The van der Waals surface area contributed by atoms with Gasteiger partial charge in [-0.15, -0.1) is 5.10 Å². The Morgan fingerprint density at radius 2 is 2.20 bits per heavy atom. The van der Waals surface area contributed by atoms with Gasteiger partial charge in [0.2, 0.25) is 0 Å². The van der Waals surface area contributed by atoms with Crippen molar-refractivity contribution in [3.63, 3.8) is 0 Å². The molecule has 0 fully saturated rings. The van der Waals surface area contributed by atoms with Gasteiger partial charge in [-0.05, 0) is 43.9 Å². The van der Waals surface area contributed by atoms with Crippen LogP contribution in [-0.2, 0) is 19.4 Å². The van der Waals surface area contributed by atoms with E-state index in [9.17, 15) is 0 Å². The molecule has 0 amide bonds. The van der Waals surface area contributed by atoms with E-state index >= 15 is 0 Å². The lowest BCUT2D eigenvalue weighted by molar-refractivity contribution is 0.507. The molecule has 0 saturated heterocycles. The average Bonchev–Trinajstić information content (AvgIpc) is 3.12. The third-order valence-electron chi connectivity index (χ3n) is 3.35. The summed E-state index contributed by atoms with van der Waals surface area (Å²) in [7, 11) is 0. The smallest absolute Gasteiger partial charge is 0.0669 e. The summed E-state index contributed by atoms with van der Waals surface area (Å²) in [6.07, 6.45) is 4.90. The molecule has 6 heteroatoms. The molecular weight excluding hydrogens is 270 g/mol. The standard InChI is InChI=1S/C14H23N5S/c1-4-7-15-13(14-10-16-18-20-14)9-12-8-11(5-2)17-19(12)6-3/h8,10,13,15H,4-7,9H2,1-3H3. The summed E-state index contributed by atoms with van der Waals surface area (Å²) >= 11 is 1.47. The molecule has 0 bridgehead atoms. The van der Waals surface area contributed by atoms with Crippen molar-refractivity contribution in [2.24, 2.45) is 0 Å². The predicted molar refractivity (Wildman–Crippen MR) is 81.9 cm³/mol. The second kappa shape index (κ2) is 7.50. The van der Waals surface area contributed by atoms with Crippen molar-refractivity contribution in [2.75, 3.05) is 6.54 Å². The van der Waals surface area contributed by atoms with Crippen LogP contribution in [0.4, 0.5) is 0 Å². The predicted octanol–water partition coefficient (Wildman–Crippen LogP) is 2.60. The Morgan fingerprint density at radius 1 is 1.35 bits per heavy atom. The highest BCUT2D eigenvalue weighted by molar-refractivity contribution is 7.05. The molecule has 0 aliphatic rings. The van der Waals surface area contributed by atoms with Crippen molar-refractivity contribution in [1.82, 2.24) is 24.7 Å². The minimum Gasteiger partial charge on any atom is -0.309 e. The molecule has 2 aromatic rings. The van der Waals surface area contributed by atoms with Gasteiger partial charge in [0, 0.05) is 18.7 Å². The summed E-state index contributed by atoms with van der Waals surface area (Å²) in [4.78, 5) is 1.19. The van der Waals surface area contributed by atoms with Crippen molar-refractivity contribution in [3.8, 4) is 0 Å². The van der Waals surface area contributed by atoms with E-state index in [0.29, 0.717) is 0 Å². The van der Waals surface area contributed by atoms with Crippen molar-refractivity contribution < 1.29 is 0 Å². The first-order valence-electron chi connectivity index (χ1n) is 7.34. The Morgan fingerprint density at radius 3 is 2.80 bits per heavy atom. The lowest BCUT2D eigenvalue weighted by atomic mass is 10.1. The number of hydrogen-bond acceptors (Lipinski definition) is 5. The zero-order valence-corrected chi connectivity index (χ0v) is 13.3. The number of rotatable bonds is 8. The van der Waals surface area contributed by atoms with Crippen molar-refractivity contribution >= 4 is 11.5 Å². The van der Waals surface area contributed by atoms with E-state index < -0.39 is 0 Å². The molecule has 1 unspecified atom stereocenters. The molecule has 0 aliphatic carbocycles. The van der Waals surface area contributed by atoms with E-state index in [0.717, 1.165) is 32.4 Å². The van der Waals surface area contributed by atoms with Crippen LogP contribution < -0.4 is 5.32 Å². The van der Waals surface area contributed by atoms with Gasteiger partial charge in [0.1, 0.15) is 0 Å². The van der Waals surface area contributed by atoms with E-state index in [1.807, 2.05) is 6.20 Å². The maximum Gasteiger partial charge on any atom is 0.0669 e. The first-order valence-corrected chi connectivity index (χ1v) is 8.12. The normalized spacial score (nSPS) is 12.8. The molecule has 0 aromatic carbocycles. The van der Waals surface area contributed by atoms with Gasteiger partial charge in [-0.1, -0.05) is 18.3 Å². The third kappa shape index (κ3) is 3.64. The molecular formula is C14H23N5S. The molecule has 2 heterocycles. The van der Waals surface area contributed by atoms with Gasteiger partial charge in [-0.3, -0.25) is 4.68 Å². The highest BCUT2D eigenvalue weighted by Crippen LogP contribution is 2.21. The van der Waals surface area contributed by atoms with Crippen LogP contribution in [0.25, 0.3) is 0 Å². The van der Waals surface area contributed by atoms with Crippen LogP contribution in [0.1, 0.15) is 49.5 Å². The van der Waals surface area contributed by atoms with E-state index in [1.165, 1.54) is 27.8 Å². The summed E-state index contributed by atoms with van der Waals surface area (Å²) in [6, 6.07) is 2.50. The molecule has 5 nitrogen and oxygen atoms in total. The lowest BCUT2D eigenvalue weighted by Crippen LogP contribution is -2.24. The molecule has 0 aliphatic heterocycles. The molecule has 0 saturated carbocycles. The first kappa shape index (κ1) is 15.1. The quantitative estimate of drug-likeness (QED) is 0.813. The average molecular weight is 293 g/mol. The van der Waals surface area contributed by atoms with Crippen LogP contribution in [0, 0.1) is 0 Å². The molecule has 20 heavy (non-hydrogen) atoms. The SMILES string of the molecule is CCCNC(Cc1cc(CC)nn1CC)c1cnns1. The van der Waals surface area contributed by atoms with E-state index in [4.69, 9.17) is 0 Å². The fourth-order valence-corrected chi connectivity index (χ4v) is 2.83. The Bertz CT molecular complexity index is 506. The molecule has 1 atom stereocenters. The van der Waals surface area contributed by atoms with Gasteiger partial charge in [0.15, 0.2) is 0 Å². The second-order valence-corrected chi connectivity index (χ2v) is 5.64. The maximum atomic E-state index is 4.62. The van der Waals surface area contributed by atoms with E-state index in [2.05, 4.69) is 51.5 Å².